The zero-order valence-electron chi connectivity index (χ0n) is 7.51. The van der Waals surface area contributed by atoms with Crippen LogP contribution in [0.4, 0.5) is 0 Å². The molecule has 0 heterocycles. The first-order valence-corrected chi connectivity index (χ1v) is 4.24. The van der Waals surface area contributed by atoms with Gasteiger partial charge in [0.25, 0.3) is 0 Å². The summed E-state index contributed by atoms with van der Waals surface area (Å²) in [7, 11) is 0. The van der Waals surface area contributed by atoms with Gasteiger partial charge < -0.3 is 15.3 Å². The van der Waals surface area contributed by atoms with Crippen LogP contribution in [0.3, 0.4) is 0 Å². The Morgan fingerprint density at radius 2 is 1.69 bits per heavy atom. The summed E-state index contributed by atoms with van der Waals surface area (Å²) in [6.45, 7) is 1.91. The Labute approximate surface area is 77.3 Å². The van der Waals surface area contributed by atoms with Gasteiger partial charge in [0, 0.05) is 6.42 Å². The lowest BCUT2D eigenvalue weighted by atomic mass is 9.98. The first-order chi connectivity index (χ1) is 6.09. The van der Waals surface area contributed by atoms with E-state index in [1.165, 1.54) is 0 Å². The molecular formula is C10H14O3. The lowest BCUT2D eigenvalue weighted by Gasteiger charge is -2.12. The molecule has 3 nitrogen and oxygen atoms in total. The number of phenolic OH excluding ortho intramolecular Hbond substituents is 1. The van der Waals surface area contributed by atoms with Gasteiger partial charge in [0.1, 0.15) is 5.75 Å². The summed E-state index contributed by atoms with van der Waals surface area (Å²) in [5, 5.41) is 26.5. The smallest absolute Gasteiger partial charge is 0.152 e. The van der Waals surface area contributed by atoms with E-state index in [1.807, 2.05) is 6.92 Å². The molecule has 72 valence electrons. The Hall–Kier alpha value is -1.06. The van der Waals surface area contributed by atoms with E-state index in [9.17, 15) is 0 Å². The molecule has 0 spiro atoms. The van der Waals surface area contributed by atoms with E-state index in [1.54, 1.807) is 24.3 Å². The fourth-order valence-electron chi connectivity index (χ4n) is 1.26. The normalized spacial score (nSPS) is 13.2. The van der Waals surface area contributed by atoms with E-state index in [4.69, 9.17) is 15.3 Å². The number of rotatable bonds is 3. The average molecular weight is 182 g/mol. The predicted octanol–water partition coefficient (Wildman–Crippen LogP) is 1.20. The van der Waals surface area contributed by atoms with E-state index in [2.05, 4.69) is 0 Å². The third-order valence-corrected chi connectivity index (χ3v) is 2.03. The lowest BCUT2D eigenvalue weighted by molar-refractivity contribution is -0.0487. The van der Waals surface area contributed by atoms with E-state index >= 15 is 0 Å². The predicted molar refractivity (Wildman–Crippen MR) is 49.4 cm³/mol. The van der Waals surface area contributed by atoms with Crippen molar-refractivity contribution in [3.05, 3.63) is 29.8 Å². The molecule has 0 aliphatic heterocycles. The Bertz CT molecular complexity index is 253. The molecule has 0 aliphatic carbocycles. The summed E-state index contributed by atoms with van der Waals surface area (Å²) in [6.07, 6.45) is -0.964. The standard InChI is InChI=1S/C10H14O3/c1-7(6-10(12)13)8-2-4-9(11)5-3-8/h2-5,7,10-13H,6H2,1H3/t7-/m0/s1. The van der Waals surface area contributed by atoms with E-state index in [0.29, 0.717) is 6.42 Å². The topological polar surface area (TPSA) is 60.7 Å². The van der Waals surface area contributed by atoms with Gasteiger partial charge >= 0.3 is 0 Å². The summed E-state index contributed by atoms with van der Waals surface area (Å²) < 4.78 is 0. The Kier molecular flexibility index (Phi) is 3.28. The van der Waals surface area contributed by atoms with Crippen molar-refractivity contribution >= 4 is 0 Å². The van der Waals surface area contributed by atoms with E-state index in [-0.39, 0.29) is 11.7 Å². The fraction of sp³-hybridized carbons (Fsp3) is 0.400. The van der Waals surface area contributed by atoms with E-state index < -0.39 is 6.29 Å². The van der Waals surface area contributed by atoms with Gasteiger partial charge in [-0.05, 0) is 23.6 Å². The molecule has 3 heteroatoms. The van der Waals surface area contributed by atoms with Crippen LogP contribution in [0.15, 0.2) is 24.3 Å². The maximum atomic E-state index is 9.02. The number of aliphatic hydroxyl groups excluding tert-OH is 1. The number of aromatic hydroxyl groups is 1. The third kappa shape index (κ3) is 3.05. The second-order valence-electron chi connectivity index (χ2n) is 3.21. The summed E-state index contributed by atoms with van der Waals surface area (Å²) in [4.78, 5) is 0. The van der Waals surface area contributed by atoms with E-state index in [0.717, 1.165) is 5.56 Å². The van der Waals surface area contributed by atoms with Crippen LogP contribution in [-0.2, 0) is 0 Å². The maximum absolute atomic E-state index is 9.02. The average Bonchev–Trinajstić information content (AvgIpc) is 2.04. The Morgan fingerprint density at radius 3 is 2.15 bits per heavy atom. The highest BCUT2D eigenvalue weighted by Gasteiger charge is 2.09. The maximum Gasteiger partial charge on any atom is 0.152 e. The zero-order chi connectivity index (χ0) is 9.84. The molecule has 1 rings (SSSR count). The number of aliphatic hydroxyl groups is 2. The van der Waals surface area contributed by atoms with Crippen LogP contribution < -0.4 is 0 Å². The van der Waals surface area contributed by atoms with Crippen LogP contribution in [-0.4, -0.2) is 21.6 Å². The van der Waals surface area contributed by atoms with Crippen molar-refractivity contribution in [2.24, 2.45) is 0 Å². The van der Waals surface area contributed by atoms with Crippen LogP contribution >= 0.6 is 0 Å². The molecule has 1 aromatic carbocycles. The minimum atomic E-state index is -1.27. The second-order valence-corrected chi connectivity index (χ2v) is 3.21. The molecule has 0 aromatic heterocycles. The number of benzene rings is 1. The van der Waals surface area contributed by atoms with Crippen molar-refractivity contribution in [2.45, 2.75) is 25.6 Å². The highest BCUT2D eigenvalue weighted by atomic mass is 16.5. The number of phenols is 1. The SMILES string of the molecule is C[C@@H](CC(O)O)c1ccc(O)cc1. The molecule has 0 radical (unpaired) electrons. The largest absolute Gasteiger partial charge is 0.508 e. The van der Waals surface area contributed by atoms with Crippen molar-refractivity contribution in [1.29, 1.82) is 0 Å². The van der Waals surface area contributed by atoms with Crippen LogP contribution in [0.5, 0.6) is 5.75 Å². The van der Waals surface area contributed by atoms with Crippen LogP contribution in [0.25, 0.3) is 0 Å². The van der Waals surface area contributed by atoms with Gasteiger partial charge in [-0.2, -0.15) is 0 Å². The molecule has 0 fully saturated rings. The van der Waals surface area contributed by atoms with Gasteiger partial charge in [-0.3, -0.25) is 0 Å². The van der Waals surface area contributed by atoms with Crippen LogP contribution in [0, 0.1) is 0 Å². The molecule has 0 unspecified atom stereocenters. The van der Waals surface area contributed by atoms with Gasteiger partial charge in [0.15, 0.2) is 6.29 Å². The molecule has 3 N–H and O–H groups in total. The van der Waals surface area contributed by atoms with Crippen molar-refractivity contribution in [3.8, 4) is 5.75 Å². The monoisotopic (exact) mass is 182 g/mol. The molecule has 1 atom stereocenters. The summed E-state index contributed by atoms with van der Waals surface area (Å²) in [5.74, 6) is 0.307. The van der Waals surface area contributed by atoms with Crippen molar-refractivity contribution < 1.29 is 15.3 Å². The molecular weight excluding hydrogens is 168 g/mol. The Morgan fingerprint density at radius 1 is 1.15 bits per heavy atom. The van der Waals surface area contributed by atoms with Gasteiger partial charge in [0.05, 0.1) is 0 Å². The van der Waals surface area contributed by atoms with Crippen LogP contribution in [0.1, 0.15) is 24.8 Å². The molecule has 0 saturated heterocycles. The first kappa shape index (κ1) is 10.0. The minimum Gasteiger partial charge on any atom is -0.508 e. The van der Waals surface area contributed by atoms with Crippen molar-refractivity contribution in [2.75, 3.05) is 0 Å². The highest BCUT2D eigenvalue weighted by molar-refractivity contribution is 5.27. The molecule has 0 aliphatic rings. The molecule has 0 saturated carbocycles. The number of hydrogen-bond donors (Lipinski definition) is 3. The molecule has 1 aromatic rings. The zero-order valence-corrected chi connectivity index (χ0v) is 7.51. The van der Waals surface area contributed by atoms with Crippen LogP contribution in [0.2, 0.25) is 0 Å². The van der Waals surface area contributed by atoms with Crippen molar-refractivity contribution in [1.82, 2.24) is 0 Å². The van der Waals surface area contributed by atoms with Gasteiger partial charge in [-0.15, -0.1) is 0 Å². The quantitative estimate of drug-likeness (QED) is 0.615. The molecule has 0 bridgehead atoms. The minimum absolute atomic E-state index is 0.0839. The Balaban J connectivity index is 2.66. The third-order valence-electron chi connectivity index (χ3n) is 2.03. The molecule has 0 amide bonds. The van der Waals surface area contributed by atoms with Crippen molar-refractivity contribution in [3.63, 3.8) is 0 Å². The summed E-state index contributed by atoms with van der Waals surface area (Å²) >= 11 is 0. The summed E-state index contributed by atoms with van der Waals surface area (Å²) in [5.41, 5.74) is 0.992. The van der Waals surface area contributed by atoms with Gasteiger partial charge in [-0.1, -0.05) is 19.1 Å². The molecule has 13 heavy (non-hydrogen) atoms. The summed E-state index contributed by atoms with van der Waals surface area (Å²) in [6, 6.07) is 6.75. The van der Waals surface area contributed by atoms with Gasteiger partial charge in [0.2, 0.25) is 0 Å². The fourth-order valence-corrected chi connectivity index (χ4v) is 1.26. The first-order valence-electron chi connectivity index (χ1n) is 4.24. The van der Waals surface area contributed by atoms with Gasteiger partial charge in [-0.25, -0.2) is 0 Å². The second kappa shape index (κ2) is 4.25. The number of hydrogen-bond acceptors (Lipinski definition) is 3. The lowest BCUT2D eigenvalue weighted by Crippen LogP contribution is -2.08. The highest BCUT2D eigenvalue weighted by Crippen LogP contribution is 2.21.